The second kappa shape index (κ2) is 4.64. The summed E-state index contributed by atoms with van der Waals surface area (Å²) in [5, 5.41) is 13.2. The van der Waals surface area contributed by atoms with Gasteiger partial charge in [0.15, 0.2) is 0 Å². The molecule has 0 radical (unpaired) electrons. The van der Waals surface area contributed by atoms with E-state index in [1.165, 1.54) is 19.3 Å². The van der Waals surface area contributed by atoms with Crippen LogP contribution < -0.4 is 11.1 Å². The minimum absolute atomic E-state index is 0.0801. The highest BCUT2D eigenvalue weighted by atomic mass is 16.3. The molecule has 1 aliphatic carbocycles. The Bertz CT molecular complexity index is 323. The summed E-state index contributed by atoms with van der Waals surface area (Å²) >= 11 is 0. The number of phenols is 1. The first-order chi connectivity index (χ1) is 7.31. The molecule has 1 unspecified atom stereocenters. The molecule has 3 heteroatoms. The lowest BCUT2D eigenvalue weighted by Gasteiger charge is -2.31. The molecular weight excluding hydrogens is 188 g/mol. The number of hydrogen-bond donors (Lipinski definition) is 3. The van der Waals surface area contributed by atoms with Gasteiger partial charge in [-0.2, -0.15) is 0 Å². The Morgan fingerprint density at radius 1 is 1.40 bits per heavy atom. The van der Waals surface area contributed by atoms with E-state index in [2.05, 4.69) is 5.32 Å². The Balaban J connectivity index is 2.07. The average Bonchev–Trinajstić information content (AvgIpc) is 2.19. The van der Waals surface area contributed by atoms with Gasteiger partial charge >= 0.3 is 0 Å². The van der Waals surface area contributed by atoms with Crippen LogP contribution in [0.2, 0.25) is 0 Å². The Labute approximate surface area is 90.3 Å². The van der Waals surface area contributed by atoms with Crippen molar-refractivity contribution in [3.05, 3.63) is 29.8 Å². The van der Waals surface area contributed by atoms with Gasteiger partial charge in [0.2, 0.25) is 0 Å². The van der Waals surface area contributed by atoms with Crippen molar-refractivity contribution >= 4 is 0 Å². The molecule has 2 rings (SSSR count). The summed E-state index contributed by atoms with van der Waals surface area (Å²) in [6.45, 7) is 0.522. The third kappa shape index (κ3) is 2.30. The van der Waals surface area contributed by atoms with Gasteiger partial charge in [-0.05, 0) is 18.9 Å². The van der Waals surface area contributed by atoms with Crippen molar-refractivity contribution in [2.24, 2.45) is 5.73 Å². The van der Waals surface area contributed by atoms with Crippen molar-refractivity contribution in [3.63, 3.8) is 0 Å². The summed E-state index contributed by atoms with van der Waals surface area (Å²) < 4.78 is 0. The number of para-hydroxylation sites is 1. The van der Waals surface area contributed by atoms with E-state index in [1.54, 1.807) is 6.07 Å². The van der Waals surface area contributed by atoms with Crippen molar-refractivity contribution in [2.75, 3.05) is 6.54 Å². The molecule has 1 fully saturated rings. The molecule has 1 aromatic carbocycles. The molecule has 82 valence electrons. The predicted octanol–water partition coefficient (Wildman–Crippen LogP) is 1.53. The van der Waals surface area contributed by atoms with E-state index in [0.29, 0.717) is 18.3 Å². The van der Waals surface area contributed by atoms with E-state index in [9.17, 15) is 5.11 Å². The second-order valence-electron chi connectivity index (χ2n) is 4.14. The molecule has 0 spiro atoms. The molecule has 15 heavy (non-hydrogen) atoms. The van der Waals surface area contributed by atoms with E-state index in [4.69, 9.17) is 5.73 Å². The highest BCUT2D eigenvalue weighted by molar-refractivity contribution is 5.34. The third-order valence-electron chi connectivity index (χ3n) is 3.09. The molecule has 3 nitrogen and oxygen atoms in total. The zero-order valence-corrected chi connectivity index (χ0v) is 8.82. The third-order valence-corrected chi connectivity index (χ3v) is 3.09. The lowest BCUT2D eigenvalue weighted by molar-refractivity contribution is 0.304. The first-order valence-corrected chi connectivity index (χ1v) is 5.55. The van der Waals surface area contributed by atoms with Crippen molar-refractivity contribution in [1.29, 1.82) is 0 Å². The topological polar surface area (TPSA) is 58.3 Å². The number of hydrogen-bond acceptors (Lipinski definition) is 3. The Morgan fingerprint density at radius 2 is 2.13 bits per heavy atom. The van der Waals surface area contributed by atoms with Crippen molar-refractivity contribution in [1.82, 2.24) is 5.32 Å². The maximum Gasteiger partial charge on any atom is 0.120 e. The number of nitrogens with one attached hydrogen (secondary N) is 1. The fourth-order valence-corrected chi connectivity index (χ4v) is 1.93. The van der Waals surface area contributed by atoms with Gasteiger partial charge in [0, 0.05) is 24.2 Å². The van der Waals surface area contributed by atoms with Gasteiger partial charge in [0.1, 0.15) is 5.75 Å². The Kier molecular flexibility index (Phi) is 3.23. The van der Waals surface area contributed by atoms with E-state index < -0.39 is 0 Å². The van der Waals surface area contributed by atoms with Crippen molar-refractivity contribution < 1.29 is 5.11 Å². The lowest BCUT2D eigenvalue weighted by Crippen LogP contribution is -2.40. The first kappa shape index (κ1) is 10.5. The lowest BCUT2D eigenvalue weighted by atomic mass is 9.91. The van der Waals surface area contributed by atoms with Gasteiger partial charge < -0.3 is 16.2 Å². The maximum atomic E-state index is 9.72. The minimum Gasteiger partial charge on any atom is -0.508 e. The monoisotopic (exact) mass is 206 g/mol. The number of benzene rings is 1. The number of phenolic OH excluding ortho intramolecular Hbond substituents is 1. The van der Waals surface area contributed by atoms with Crippen LogP contribution in [0.5, 0.6) is 5.75 Å². The van der Waals surface area contributed by atoms with Crippen LogP contribution in [0.4, 0.5) is 0 Å². The summed E-state index contributed by atoms with van der Waals surface area (Å²) in [4.78, 5) is 0. The molecule has 1 aliphatic rings. The summed E-state index contributed by atoms with van der Waals surface area (Å²) in [5.74, 6) is 0.333. The van der Waals surface area contributed by atoms with Crippen molar-refractivity contribution in [2.45, 2.75) is 31.3 Å². The quantitative estimate of drug-likeness (QED) is 0.700. The fraction of sp³-hybridized carbons (Fsp3) is 0.500. The van der Waals surface area contributed by atoms with Gasteiger partial charge in [0.25, 0.3) is 0 Å². The van der Waals surface area contributed by atoms with Crippen LogP contribution in [0.3, 0.4) is 0 Å². The van der Waals surface area contributed by atoms with Gasteiger partial charge in [0.05, 0.1) is 0 Å². The summed E-state index contributed by atoms with van der Waals surface area (Å²) in [5.41, 5.74) is 6.64. The Hall–Kier alpha value is -1.06. The van der Waals surface area contributed by atoms with E-state index in [-0.39, 0.29) is 6.04 Å². The number of nitrogens with two attached hydrogens (primary N) is 1. The molecule has 1 atom stereocenters. The van der Waals surface area contributed by atoms with Crippen LogP contribution in [-0.4, -0.2) is 17.7 Å². The van der Waals surface area contributed by atoms with Crippen LogP contribution >= 0.6 is 0 Å². The average molecular weight is 206 g/mol. The second-order valence-corrected chi connectivity index (χ2v) is 4.14. The Morgan fingerprint density at radius 3 is 2.67 bits per heavy atom. The maximum absolute atomic E-state index is 9.72. The summed E-state index contributed by atoms with van der Waals surface area (Å²) in [6, 6.07) is 8.06. The SMILES string of the molecule is NCC(NC1CCC1)c1ccccc1O. The van der Waals surface area contributed by atoms with Gasteiger partial charge in [-0.25, -0.2) is 0 Å². The van der Waals surface area contributed by atoms with E-state index in [1.807, 2.05) is 18.2 Å². The largest absolute Gasteiger partial charge is 0.508 e. The molecule has 0 bridgehead atoms. The van der Waals surface area contributed by atoms with Crippen LogP contribution in [-0.2, 0) is 0 Å². The molecule has 0 heterocycles. The molecule has 1 aromatic rings. The van der Waals surface area contributed by atoms with Gasteiger partial charge in [-0.1, -0.05) is 24.6 Å². The highest BCUT2D eigenvalue weighted by Gasteiger charge is 2.22. The molecular formula is C12H18N2O. The van der Waals surface area contributed by atoms with E-state index in [0.717, 1.165) is 5.56 Å². The summed E-state index contributed by atoms with van der Waals surface area (Å²) in [6.07, 6.45) is 3.75. The molecule has 0 saturated heterocycles. The van der Waals surface area contributed by atoms with Gasteiger partial charge in [-0.15, -0.1) is 0 Å². The van der Waals surface area contributed by atoms with Crippen LogP contribution in [0.1, 0.15) is 30.9 Å². The van der Waals surface area contributed by atoms with Crippen LogP contribution in [0, 0.1) is 0 Å². The normalized spacial score (nSPS) is 18.5. The molecule has 0 aromatic heterocycles. The van der Waals surface area contributed by atoms with Gasteiger partial charge in [-0.3, -0.25) is 0 Å². The highest BCUT2D eigenvalue weighted by Crippen LogP contribution is 2.26. The fourth-order valence-electron chi connectivity index (χ4n) is 1.93. The molecule has 0 amide bonds. The van der Waals surface area contributed by atoms with Crippen LogP contribution in [0.15, 0.2) is 24.3 Å². The van der Waals surface area contributed by atoms with Crippen molar-refractivity contribution in [3.8, 4) is 5.75 Å². The standard InChI is InChI=1S/C12H18N2O/c13-8-11(14-9-4-3-5-9)10-6-1-2-7-12(10)15/h1-2,6-7,9,11,14-15H,3-5,8,13H2. The number of rotatable bonds is 4. The minimum atomic E-state index is 0.0801. The first-order valence-electron chi connectivity index (χ1n) is 5.55. The zero-order valence-electron chi connectivity index (χ0n) is 8.82. The zero-order chi connectivity index (χ0) is 10.7. The van der Waals surface area contributed by atoms with E-state index >= 15 is 0 Å². The summed E-state index contributed by atoms with van der Waals surface area (Å²) in [7, 11) is 0. The molecule has 4 N–H and O–H groups in total. The molecule has 0 aliphatic heterocycles. The molecule has 1 saturated carbocycles. The van der Waals surface area contributed by atoms with Crippen LogP contribution in [0.25, 0.3) is 0 Å². The number of aromatic hydroxyl groups is 1. The smallest absolute Gasteiger partial charge is 0.120 e. The predicted molar refractivity (Wildman–Crippen MR) is 60.7 cm³/mol.